The predicted molar refractivity (Wildman–Crippen MR) is 95.5 cm³/mol. The van der Waals surface area contributed by atoms with Crippen LogP contribution in [0.1, 0.15) is 39.2 Å². The van der Waals surface area contributed by atoms with Crippen LogP contribution in [0.3, 0.4) is 0 Å². The lowest BCUT2D eigenvalue weighted by atomic mass is 10.2. The normalized spacial score (nSPS) is 15.1. The molecule has 1 aromatic carbocycles. The molecule has 5 nitrogen and oxygen atoms in total. The number of carbonyl (C=O) groups is 1. The zero-order valence-electron chi connectivity index (χ0n) is 14.4. The average molecular weight is 316 g/mol. The minimum atomic E-state index is -0.0117. The van der Waals surface area contributed by atoms with E-state index in [-0.39, 0.29) is 11.8 Å². The Kier molecular flexibility index (Phi) is 6.44. The molecule has 2 rings (SSSR count). The number of amides is 1. The number of aliphatic imine (C=N–C) groups is 1. The number of nitrogens with zero attached hydrogens (tertiary/aromatic N) is 2. The molecule has 0 atom stereocenters. The first-order valence-corrected chi connectivity index (χ1v) is 8.53. The van der Waals surface area contributed by atoms with Crippen LogP contribution in [-0.4, -0.2) is 36.4 Å². The Balaban J connectivity index is 1.96. The van der Waals surface area contributed by atoms with Gasteiger partial charge in [0.2, 0.25) is 5.91 Å². The Morgan fingerprint density at radius 1 is 1.22 bits per heavy atom. The summed E-state index contributed by atoms with van der Waals surface area (Å²) in [5.41, 5.74) is 1.98. The van der Waals surface area contributed by atoms with Gasteiger partial charge in [0.15, 0.2) is 5.96 Å². The summed E-state index contributed by atoms with van der Waals surface area (Å²) in [6.07, 6.45) is 2.49. The first kappa shape index (κ1) is 17.3. The highest BCUT2D eigenvalue weighted by Gasteiger charge is 2.15. The molecule has 1 fully saturated rings. The number of guanidine groups is 1. The molecule has 1 amide bonds. The second kappa shape index (κ2) is 8.56. The highest BCUT2D eigenvalue weighted by atomic mass is 16.1. The number of benzene rings is 1. The molecule has 0 saturated carbocycles. The van der Waals surface area contributed by atoms with Crippen LogP contribution in [0.5, 0.6) is 0 Å². The van der Waals surface area contributed by atoms with Crippen molar-refractivity contribution < 1.29 is 4.79 Å². The fourth-order valence-electron chi connectivity index (χ4n) is 2.50. The molecule has 5 heteroatoms. The van der Waals surface area contributed by atoms with Gasteiger partial charge in [-0.3, -0.25) is 4.79 Å². The topological polar surface area (TPSA) is 56.7 Å². The smallest absolute Gasteiger partial charge is 0.226 e. The number of rotatable bonds is 5. The van der Waals surface area contributed by atoms with Crippen molar-refractivity contribution in [2.45, 2.75) is 40.2 Å². The number of likely N-dealkylation sites (tertiary alicyclic amines) is 1. The molecule has 1 saturated heterocycles. The highest BCUT2D eigenvalue weighted by molar-refractivity contribution is 5.92. The van der Waals surface area contributed by atoms with E-state index in [1.807, 2.05) is 38.1 Å². The fourth-order valence-corrected chi connectivity index (χ4v) is 2.50. The van der Waals surface area contributed by atoms with Crippen LogP contribution in [0.4, 0.5) is 5.69 Å². The average Bonchev–Trinajstić information content (AvgIpc) is 3.07. The zero-order valence-corrected chi connectivity index (χ0v) is 14.4. The molecule has 1 aliphatic rings. The summed E-state index contributed by atoms with van der Waals surface area (Å²) in [6.45, 7) is 9.58. The third kappa shape index (κ3) is 5.27. The van der Waals surface area contributed by atoms with Crippen molar-refractivity contribution in [3.8, 4) is 0 Å². The van der Waals surface area contributed by atoms with Crippen molar-refractivity contribution in [1.82, 2.24) is 10.2 Å². The number of carbonyl (C=O) groups excluding carboxylic acids is 1. The van der Waals surface area contributed by atoms with Gasteiger partial charge in [0.1, 0.15) is 0 Å². The lowest BCUT2D eigenvalue weighted by Gasteiger charge is -2.20. The molecule has 23 heavy (non-hydrogen) atoms. The summed E-state index contributed by atoms with van der Waals surface area (Å²) < 4.78 is 0. The van der Waals surface area contributed by atoms with Gasteiger partial charge in [-0.15, -0.1) is 0 Å². The third-order valence-corrected chi connectivity index (χ3v) is 3.90. The van der Waals surface area contributed by atoms with E-state index in [4.69, 9.17) is 4.99 Å². The van der Waals surface area contributed by atoms with Gasteiger partial charge in [-0.2, -0.15) is 0 Å². The number of hydrogen-bond acceptors (Lipinski definition) is 2. The maximum absolute atomic E-state index is 11.7. The van der Waals surface area contributed by atoms with Crippen molar-refractivity contribution in [2.24, 2.45) is 10.9 Å². The van der Waals surface area contributed by atoms with E-state index in [1.165, 1.54) is 12.8 Å². The predicted octanol–water partition coefficient (Wildman–Crippen LogP) is 2.84. The molecule has 0 spiro atoms. The van der Waals surface area contributed by atoms with Crippen LogP contribution in [-0.2, 0) is 11.3 Å². The molecule has 0 aromatic heterocycles. The van der Waals surface area contributed by atoms with E-state index < -0.39 is 0 Å². The van der Waals surface area contributed by atoms with Crippen LogP contribution in [0.2, 0.25) is 0 Å². The molecule has 1 aliphatic heterocycles. The Bertz CT molecular complexity index is 530. The lowest BCUT2D eigenvalue weighted by molar-refractivity contribution is -0.118. The molecule has 0 bridgehead atoms. The molecule has 0 aliphatic carbocycles. The van der Waals surface area contributed by atoms with E-state index >= 15 is 0 Å². The quantitative estimate of drug-likeness (QED) is 0.649. The van der Waals surface area contributed by atoms with Crippen molar-refractivity contribution in [3.05, 3.63) is 29.8 Å². The van der Waals surface area contributed by atoms with Crippen LogP contribution < -0.4 is 10.6 Å². The number of nitrogens with one attached hydrogen (secondary N) is 2. The first-order chi connectivity index (χ1) is 11.1. The van der Waals surface area contributed by atoms with Crippen molar-refractivity contribution in [1.29, 1.82) is 0 Å². The fraction of sp³-hybridized carbons (Fsp3) is 0.556. The maximum Gasteiger partial charge on any atom is 0.226 e. The Hall–Kier alpha value is -2.04. The van der Waals surface area contributed by atoms with Crippen LogP contribution in [0.15, 0.2) is 29.3 Å². The summed E-state index contributed by atoms with van der Waals surface area (Å²) in [4.78, 5) is 18.7. The van der Waals surface area contributed by atoms with Crippen molar-refractivity contribution in [3.63, 3.8) is 0 Å². The standard InChI is InChI=1S/C18H28N4O/c1-4-19-18(22-11-5-6-12-22)20-13-15-7-9-16(10-8-15)21-17(23)14(2)3/h7-10,14H,4-6,11-13H2,1-3H3,(H,19,20)(H,21,23). The van der Waals surface area contributed by atoms with Gasteiger partial charge in [0, 0.05) is 31.2 Å². The van der Waals surface area contributed by atoms with Crippen LogP contribution >= 0.6 is 0 Å². The van der Waals surface area contributed by atoms with Crippen LogP contribution in [0, 0.1) is 5.92 Å². The van der Waals surface area contributed by atoms with E-state index in [0.29, 0.717) is 6.54 Å². The summed E-state index contributed by atoms with van der Waals surface area (Å²) in [6, 6.07) is 7.92. The van der Waals surface area contributed by atoms with E-state index in [1.54, 1.807) is 0 Å². The first-order valence-electron chi connectivity index (χ1n) is 8.53. The molecular formula is C18H28N4O. The maximum atomic E-state index is 11.7. The summed E-state index contributed by atoms with van der Waals surface area (Å²) in [5.74, 6) is 1.03. The summed E-state index contributed by atoms with van der Waals surface area (Å²) in [7, 11) is 0. The minimum absolute atomic E-state index is 0.0117. The Morgan fingerprint density at radius 3 is 2.43 bits per heavy atom. The highest BCUT2D eigenvalue weighted by Crippen LogP contribution is 2.13. The molecular weight excluding hydrogens is 288 g/mol. The second-order valence-electron chi connectivity index (χ2n) is 6.21. The molecule has 1 aromatic rings. The molecule has 2 N–H and O–H groups in total. The van der Waals surface area contributed by atoms with Gasteiger partial charge in [0.05, 0.1) is 6.54 Å². The number of hydrogen-bond donors (Lipinski definition) is 2. The molecule has 126 valence electrons. The van der Waals surface area contributed by atoms with Gasteiger partial charge in [-0.1, -0.05) is 26.0 Å². The van der Waals surface area contributed by atoms with E-state index in [2.05, 4.69) is 22.5 Å². The van der Waals surface area contributed by atoms with Gasteiger partial charge in [-0.05, 0) is 37.5 Å². The van der Waals surface area contributed by atoms with Gasteiger partial charge < -0.3 is 15.5 Å². The van der Waals surface area contributed by atoms with Crippen molar-refractivity contribution in [2.75, 3.05) is 25.0 Å². The Morgan fingerprint density at radius 2 is 1.87 bits per heavy atom. The molecule has 0 unspecified atom stereocenters. The van der Waals surface area contributed by atoms with Gasteiger partial charge >= 0.3 is 0 Å². The monoisotopic (exact) mass is 316 g/mol. The molecule has 0 radical (unpaired) electrons. The van der Waals surface area contributed by atoms with Gasteiger partial charge in [0.25, 0.3) is 0 Å². The number of anilines is 1. The third-order valence-electron chi connectivity index (χ3n) is 3.90. The minimum Gasteiger partial charge on any atom is -0.357 e. The summed E-state index contributed by atoms with van der Waals surface area (Å²) in [5, 5.41) is 6.27. The lowest BCUT2D eigenvalue weighted by Crippen LogP contribution is -2.39. The van der Waals surface area contributed by atoms with E-state index in [0.717, 1.165) is 36.8 Å². The summed E-state index contributed by atoms with van der Waals surface area (Å²) >= 11 is 0. The van der Waals surface area contributed by atoms with Crippen LogP contribution in [0.25, 0.3) is 0 Å². The zero-order chi connectivity index (χ0) is 16.7. The Labute approximate surface area is 139 Å². The van der Waals surface area contributed by atoms with Crippen molar-refractivity contribution >= 4 is 17.6 Å². The SMILES string of the molecule is CCNC(=NCc1ccc(NC(=O)C(C)C)cc1)N1CCCC1. The molecule has 1 heterocycles. The second-order valence-corrected chi connectivity index (χ2v) is 6.21. The largest absolute Gasteiger partial charge is 0.357 e. The van der Waals surface area contributed by atoms with Gasteiger partial charge in [-0.25, -0.2) is 4.99 Å². The van der Waals surface area contributed by atoms with E-state index in [9.17, 15) is 4.79 Å².